The summed E-state index contributed by atoms with van der Waals surface area (Å²) in [5.41, 5.74) is 2.23. The molecule has 3 N–H and O–H groups in total. The SMILES string of the molecule is N#C[C@@H]1CCCN1C(=O)C(I)Cc1c[nH]c2ccc(NC(=O)Nc3cc(F)cc(F)c3)cc12. The van der Waals surface area contributed by atoms with Crippen LogP contribution in [0.25, 0.3) is 10.9 Å². The van der Waals surface area contributed by atoms with E-state index in [-0.39, 0.29) is 21.6 Å². The van der Waals surface area contributed by atoms with Crippen molar-refractivity contribution < 1.29 is 18.4 Å². The van der Waals surface area contributed by atoms with Crippen molar-refractivity contribution in [3.05, 3.63) is 59.8 Å². The predicted molar refractivity (Wildman–Crippen MR) is 129 cm³/mol. The van der Waals surface area contributed by atoms with Crippen molar-refractivity contribution in [1.29, 1.82) is 5.26 Å². The molecule has 2 aromatic carbocycles. The molecule has 0 aliphatic carbocycles. The number of hydrogen-bond donors (Lipinski definition) is 3. The molecule has 1 fully saturated rings. The lowest BCUT2D eigenvalue weighted by molar-refractivity contribution is -0.130. The Kier molecular flexibility index (Phi) is 6.78. The average Bonchev–Trinajstić information content (AvgIpc) is 3.39. The van der Waals surface area contributed by atoms with Gasteiger partial charge in [-0.2, -0.15) is 5.26 Å². The summed E-state index contributed by atoms with van der Waals surface area (Å²) in [6, 6.07) is 9.22. The highest BCUT2D eigenvalue weighted by molar-refractivity contribution is 14.1. The van der Waals surface area contributed by atoms with E-state index in [1.54, 1.807) is 23.1 Å². The number of aromatic amines is 1. The van der Waals surface area contributed by atoms with Crippen LogP contribution in [0.3, 0.4) is 0 Å². The number of likely N-dealkylation sites (tertiary alicyclic amines) is 1. The number of halogens is 3. The van der Waals surface area contributed by atoms with E-state index in [1.807, 2.05) is 6.20 Å². The smallest absolute Gasteiger partial charge is 0.323 e. The minimum absolute atomic E-state index is 0.00253. The normalized spacial score (nSPS) is 16.4. The van der Waals surface area contributed by atoms with E-state index in [0.717, 1.165) is 41.1 Å². The maximum atomic E-state index is 13.3. The van der Waals surface area contributed by atoms with Gasteiger partial charge in [-0.15, -0.1) is 0 Å². The molecule has 1 aliphatic heterocycles. The number of hydrogen-bond acceptors (Lipinski definition) is 3. The van der Waals surface area contributed by atoms with Crippen LogP contribution in [0.15, 0.2) is 42.6 Å². The summed E-state index contributed by atoms with van der Waals surface area (Å²) in [7, 11) is 0. The minimum atomic E-state index is -0.790. The van der Waals surface area contributed by atoms with Gasteiger partial charge in [-0.1, -0.05) is 22.6 Å². The van der Waals surface area contributed by atoms with Crippen molar-refractivity contribution in [3.8, 4) is 6.07 Å². The largest absolute Gasteiger partial charge is 0.361 e. The second-order valence-corrected chi connectivity index (χ2v) is 9.31. The number of urea groups is 1. The first-order valence-electron chi connectivity index (χ1n) is 10.3. The van der Waals surface area contributed by atoms with Crippen LogP contribution in [0.4, 0.5) is 25.0 Å². The number of aromatic nitrogens is 1. The maximum absolute atomic E-state index is 13.3. The zero-order valence-electron chi connectivity index (χ0n) is 17.4. The highest BCUT2D eigenvalue weighted by Crippen LogP contribution is 2.27. The van der Waals surface area contributed by atoms with Gasteiger partial charge in [-0.25, -0.2) is 13.6 Å². The fraction of sp³-hybridized carbons (Fsp3) is 0.261. The third-order valence-corrected chi connectivity index (χ3v) is 6.47. The molecule has 33 heavy (non-hydrogen) atoms. The first-order valence-corrected chi connectivity index (χ1v) is 11.6. The third kappa shape index (κ3) is 5.24. The van der Waals surface area contributed by atoms with Gasteiger partial charge in [-0.05, 0) is 55.2 Å². The van der Waals surface area contributed by atoms with Gasteiger partial charge in [0.2, 0.25) is 5.91 Å². The van der Waals surface area contributed by atoms with Gasteiger partial charge in [0.25, 0.3) is 0 Å². The standard InChI is InChI=1S/C23H20F2IN5O2/c24-14-7-15(25)9-17(8-14)30-23(33)29-16-3-4-21-19(10-16)13(12-28-21)6-20(26)22(32)31-5-1-2-18(31)11-27/h3-4,7-10,12,18,20,28H,1-2,5-6H2,(H2,29,30,33)/t18-,20?/m0/s1. The van der Waals surface area contributed by atoms with E-state index in [1.165, 1.54) is 0 Å². The van der Waals surface area contributed by atoms with Gasteiger partial charge in [0.15, 0.2) is 0 Å². The topological polar surface area (TPSA) is 101 Å². The lowest BCUT2D eigenvalue weighted by atomic mass is 10.1. The van der Waals surface area contributed by atoms with Crippen molar-refractivity contribution >= 4 is 56.8 Å². The zero-order chi connectivity index (χ0) is 23.5. The molecule has 10 heteroatoms. The third-order valence-electron chi connectivity index (χ3n) is 5.50. The molecule has 1 unspecified atom stereocenters. The van der Waals surface area contributed by atoms with Crippen molar-refractivity contribution in [3.63, 3.8) is 0 Å². The van der Waals surface area contributed by atoms with Crippen molar-refractivity contribution in [2.45, 2.75) is 29.2 Å². The molecule has 0 saturated carbocycles. The molecular formula is C23H20F2IN5O2. The summed E-state index contributed by atoms with van der Waals surface area (Å²) in [5, 5.41) is 15.2. The number of amides is 3. The van der Waals surface area contributed by atoms with Crippen LogP contribution in [0.1, 0.15) is 18.4 Å². The minimum Gasteiger partial charge on any atom is -0.361 e. The fourth-order valence-electron chi connectivity index (χ4n) is 3.97. The molecule has 4 rings (SSSR count). The quantitative estimate of drug-likeness (QED) is 0.303. The predicted octanol–water partition coefficient (Wildman–Crippen LogP) is 4.95. The fourth-order valence-corrected chi connectivity index (χ4v) is 4.80. The Balaban J connectivity index is 1.46. The van der Waals surface area contributed by atoms with E-state index in [9.17, 15) is 23.6 Å². The molecule has 1 saturated heterocycles. The average molecular weight is 563 g/mol. The monoisotopic (exact) mass is 563 g/mol. The number of fused-ring (bicyclic) bond motifs is 1. The molecule has 170 valence electrons. The number of alkyl halides is 1. The van der Waals surface area contributed by atoms with Crippen LogP contribution in [0.2, 0.25) is 0 Å². The van der Waals surface area contributed by atoms with Crippen LogP contribution >= 0.6 is 22.6 Å². The number of nitrogens with one attached hydrogen (secondary N) is 3. The van der Waals surface area contributed by atoms with E-state index >= 15 is 0 Å². The first-order chi connectivity index (χ1) is 15.8. The van der Waals surface area contributed by atoms with Gasteiger partial charge < -0.3 is 20.5 Å². The number of carbonyl (C=O) groups excluding carboxylic acids is 2. The Hall–Kier alpha value is -3.20. The molecule has 0 bridgehead atoms. The molecule has 7 nitrogen and oxygen atoms in total. The van der Waals surface area contributed by atoms with E-state index < -0.39 is 17.7 Å². The number of anilines is 2. The van der Waals surface area contributed by atoms with Crippen LogP contribution in [0.5, 0.6) is 0 Å². The van der Waals surface area contributed by atoms with Crippen molar-refractivity contribution in [1.82, 2.24) is 9.88 Å². The molecule has 1 aliphatic rings. The number of nitrogens with zero attached hydrogens (tertiary/aromatic N) is 2. The van der Waals surface area contributed by atoms with Crippen LogP contribution in [-0.4, -0.2) is 38.3 Å². The molecule has 0 spiro atoms. The second kappa shape index (κ2) is 9.74. The number of benzene rings is 2. The van der Waals surface area contributed by atoms with Gasteiger partial charge in [0.05, 0.1) is 9.99 Å². The first kappa shape index (κ1) is 23.0. The lowest BCUT2D eigenvalue weighted by Gasteiger charge is -2.22. The summed E-state index contributed by atoms with van der Waals surface area (Å²) < 4.78 is 26.3. The van der Waals surface area contributed by atoms with E-state index in [4.69, 9.17) is 0 Å². The Morgan fingerprint density at radius 2 is 1.91 bits per heavy atom. The molecule has 3 aromatic rings. The maximum Gasteiger partial charge on any atom is 0.323 e. The highest BCUT2D eigenvalue weighted by atomic mass is 127. The van der Waals surface area contributed by atoms with Crippen LogP contribution < -0.4 is 10.6 Å². The van der Waals surface area contributed by atoms with E-state index in [0.29, 0.717) is 25.1 Å². The summed E-state index contributed by atoms with van der Waals surface area (Å²) in [5.74, 6) is -1.63. The Morgan fingerprint density at radius 3 is 2.64 bits per heavy atom. The summed E-state index contributed by atoms with van der Waals surface area (Å²) >= 11 is 2.11. The zero-order valence-corrected chi connectivity index (χ0v) is 19.5. The number of carbonyl (C=O) groups is 2. The molecule has 2 heterocycles. The molecule has 2 atom stereocenters. The number of nitriles is 1. The van der Waals surface area contributed by atoms with Gasteiger partial charge >= 0.3 is 6.03 Å². The van der Waals surface area contributed by atoms with Gasteiger partial charge in [-0.3, -0.25) is 4.79 Å². The molecule has 0 radical (unpaired) electrons. The Bertz CT molecular complexity index is 1240. The molecular weight excluding hydrogens is 543 g/mol. The lowest BCUT2D eigenvalue weighted by Crippen LogP contribution is -2.40. The van der Waals surface area contributed by atoms with Crippen LogP contribution in [0, 0.1) is 23.0 Å². The van der Waals surface area contributed by atoms with Crippen molar-refractivity contribution in [2.75, 3.05) is 17.2 Å². The summed E-state index contributed by atoms with van der Waals surface area (Å²) in [6.07, 6.45) is 3.83. The highest BCUT2D eigenvalue weighted by Gasteiger charge is 2.32. The number of rotatable bonds is 5. The second-order valence-electron chi connectivity index (χ2n) is 7.80. The van der Waals surface area contributed by atoms with Crippen molar-refractivity contribution in [2.24, 2.45) is 0 Å². The van der Waals surface area contributed by atoms with Gasteiger partial charge in [0, 0.05) is 41.1 Å². The Morgan fingerprint density at radius 1 is 1.18 bits per heavy atom. The van der Waals surface area contributed by atoms with E-state index in [2.05, 4.69) is 44.3 Å². The Labute approximate surface area is 202 Å². The molecule has 3 amide bonds. The molecule has 1 aromatic heterocycles. The summed E-state index contributed by atoms with van der Waals surface area (Å²) in [4.78, 5) is 29.9. The van der Waals surface area contributed by atoms with Gasteiger partial charge in [0.1, 0.15) is 17.7 Å². The number of H-pyrrole nitrogens is 1. The summed E-state index contributed by atoms with van der Waals surface area (Å²) in [6.45, 7) is 0.600. The van der Waals surface area contributed by atoms with Crippen LogP contribution in [-0.2, 0) is 11.2 Å².